The summed E-state index contributed by atoms with van der Waals surface area (Å²) in [7, 11) is 3.06. The van der Waals surface area contributed by atoms with Crippen molar-refractivity contribution in [1.29, 1.82) is 0 Å². The van der Waals surface area contributed by atoms with Gasteiger partial charge in [0, 0.05) is 5.56 Å². The third-order valence-electron chi connectivity index (χ3n) is 4.07. The van der Waals surface area contributed by atoms with Crippen molar-refractivity contribution in [3.05, 3.63) is 70.8 Å². The predicted molar refractivity (Wildman–Crippen MR) is 105 cm³/mol. The van der Waals surface area contributed by atoms with E-state index in [0.717, 1.165) is 23.1 Å². The summed E-state index contributed by atoms with van der Waals surface area (Å²) in [4.78, 5) is 11.9. The van der Waals surface area contributed by atoms with Gasteiger partial charge in [0.05, 0.1) is 14.2 Å². The van der Waals surface area contributed by atoms with Crippen molar-refractivity contribution in [1.82, 2.24) is 0 Å². The highest BCUT2D eigenvalue weighted by atomic mass is 16.5. The van der Waals surface area contributed by atoms with Crippen LogP contribution in [0.15, 0.2) is 48.6 Å². The van der Waals surface area contributed by atoms with Crippen molar-refractivity contribution in [2.75, 3.05) is 14.2 Å². The summed E-state index contributed by atoms with van der Waals surface area (Å²) in [6.07, 6.45) is 4.97. The SMILES string of the molecule is C=C(C)CCc1c(OC)cc(/C=C/c2ccccc2)c(C(=O)O)c1OC. The van der Waals surface area contributed by atoms with E-state index < -0.39 is 5.97 Å². The maximum Gasteiger partial charge on any atom is 0.340 e. The van der Waals surface area contributed by atoms with Crippen LogP contribution in [0.3, 0.4) is 0 Å². The molecule has 26 heavy (non-hydrogen) atoms. The Morgan fingerprint density at radius 3 is 2.38 bits per heavy atom. The third kappa shape index (κ3) is 4.54. The van der Waals surface area contributed by atoms with Gasteiger partial charge >= 0.3 is 5.97 Å². The molecule has 1 N–H and O–H groups in total. The van der Waals surface area contributed by atoms with E-state index in [1.807, 2.05) is 43.3 Å². The molecule has 2 aromatic rings. The Morgan fingerprint density at radius 2 is 1.85 bits per heavy atom. The summed E-state index contributed by atoms with van der Waals surface area (Å²) >= 11 is 0. The first-order valence-corrected chi connectivity index (χ1v) is 8.36. The van der Waals surface area contributed by atoms with Crippen molar-refractivity contribution in [2.24, 2.45) is 0 Å². The van der Waals surface area contributed by atoms with Crippen molar-refractivity contribution in [3.63, 3.8) is 0 Å². The van der Waals surface area contributed by atoms with E-state index >= 15 is 0 Å². The van der Waals surface area contributed by atoms with Gasteiger partial charge in [-0.25, -0.2) is 4.79 Å². The molecule has 0 aliphatic heterocycles. The highest BCUT2D eigenvalue weighted by Crippen LogP contribution is 2.37. The Morgan fingerprint density at radius 1 is 1.15 bits per heavy atom. The second-order valence-corrected chi connectivity index (χ2v) is 6.06. The van der Waals surface area contributed by atoms with Crippen LogP contribution in [0.5, 0.6) is 11.5 Å². The lowest BCUT2D eigenvalue weighted by atomic mass is 9.96. The minimum atomic E-state index is -1.03. The number of rotatable bonds is 8. The molecule has 0 saturated carbocycles. The number of carbonyl (C=O) groups is 1. The fourth-order valence-corrected chi connectivity index (χ4v) is 2.78. The maximum atomic E-state index is 11.9. The zero-order chi connectivity index (χ0) is 19.1. The lowest BCUT2D eigenvalue weighted by molar-refractivity contribution is 0.0693. The number of benzene rings is 2. The third-order valence-corrected chi connectivity index (χ3v) is 4.07. The van der Waals surface area contributed by atoms with E-state index in [-0.39, 0.29) is 5.56 Å². The number of allylic oxidation sites excluding steroid dienone is 1. The van der Waals surface area contributed by atoms with E-state index in [2.05, 4.69) is 6.58 Å². The minimum Gasteiger partial charge on any atom is -0.496 e. The van der Waals surface area contributed by atoms with E-state index in [0.29, 0.717) is 23.5 Å². The molecule has 2 rings (SSSR count). The Bertz CT molecular complexity index is 820. The molecular formula is C22H24O4. The van der Waals surface area contributed by atoms with E-state index in [1.54, 1.807) is 19.3 Å². The zero-order valence-corrected chi connectivity index (χ0v) is 15.4. The minimum absolute atomic E-state index is 0.136. The van der Waals surface area contributed by atoms with Crippen LogP contribution in [0.2, 0.25) is 0 Å². The number of hydrogen-bond acceptors (Lipinski definition) is 3. The fraction of sp³-hybridized carbons (Fsp3) is 0.227. The summed E-state index contributed by atoms with van der Waals surface area (Å²) in [5.74, 6) is -0.0830. The van der Waals surface area contributed by atoms with Crippen LogP contribution < -0.4 is 9.47 Å². The van der Waals surface area contributed by atoms with Gasteiger partial charge in [0.1, 0.15) is 17.1 Å². The predicted octanol–water partition coefficient (Wildman–Crippen LogP) is 5.08. The molecule has 136 valence electrons. The fourth-order valence-electron chi connectivity index (χ4n) is 2.78. The number of aromatic carboxylic acids is 1. The molecule has 0 spiro atoms. The average Bonchev–Trinajstić information content (AvgIpc) is 2.64. The van der Waals surface area contributed by atoms with Crippen molar-refractivity contribution >= 4 is 18.1 Å². The number of carboxylic acids is 1. The van der Waals surface area contributed by atoms with Gasteiger partial charge in [-0.1, -0.05) is 48.1 Å². The summed E-state index contributed by atoms with van der Waals surface area (Å²) in [5, 5.41) is 9.77. The van der Waals surface area contributed by atoms with Gasteiger partial charge in [-0.3, -0.25) is 0 Å². The normalized spacial score (nSPS) is 10.7. The zero-order valence-electron chi connectivity index (χ0n) is 15.4. The van der Waals surface area contributed by atoms with Gasteiger partial charge < -0.3 is 14.6 Å². The molecule has 0 aromatic heterocycles. The number of methoxy groups -OCH3 is 2. The summed E-state index contributed by atoms with van der Waals surface area (Å²) in [6.45, 7) is 5.85. The quantitative estimate of drug-likeness (QED) is 0.532. The number of carboxylic acid groups (broad SMARTS) is 1. The Hall–Kier alpha value is -3.01. The Balaban J connectivity index is 2.58. The van der Waals surface area contributed by atoms with Crippen molar-refractivity contribution < 1.29 is 19.4 Å². The van der Waals surface area contributed by atoms with E-state index in [1.165, 1.54) is 7.11 Å². The molecule has 0 unspecified atom stereocenters. The lowest BCUT2D eigenvalue weighted by Crippen LogP contribution is -2.08. The molecular weight excluding hydrogens is 328 g/mol. The average molecular weight is 352 g/mol. The van der Waals surface area contributed by atoms with E-state index in [9.17, 15) is 9.90 Å². The highest BCUT2D eigenvalue weighted by molar-refractivity contribution is 5.97. The molecule has 4 nitrogen and oxygen atoms in total. The monoisotopic (exact) mass is 352 g/mol. The van der Waals surface area contributed by atoms with Crippen molar-refractivity contribution in [2.45, 2.75) is 19.8 Å². The largest absolute Gasteiger partial charge is 0.496 e. The molecule has 0 bridgehead atoms. The molecule has 0 radical (unpaired) electrons. The van der Waals surface area contributed by atoms with Crippen LogP contribution in [-0.2, 0) is 6.42 Å². The van der Waals surface area contributed by atoms with Gasteiger partial charge in [-0.15, -0.1) is 6.58 Å². The lowest BCUT2D eigenvalue weighted by Gasteiger charge is -2.18. The topological polar surface area (TPSA) is 55.8 Å². The molecule has 2 aromatic carbocycles. The molecule has 0 saturated heterocycles. The van der Waals surface area contributed by atoms with Crippen LogP contribution in [0.1, 0.15) is 40.4 Å². The first kappa shape index (κ1) is 19.3. The number of hydrogen-bond donors (Lipinski definition) is 1. The Kier molecular flexibility index (Phi) is 6.61. The van der Waals surface area contributed by atoms with Gasteiger partial charge in [0.15, 0.2) is 0 Å². The Labute approximate surface area is 154 Å². The summed E-state index contributed by atoms with van der Waals surface area (Å²) in [6, 6.07) is 11.4. The second-order valence-electron chi connectivity index (χ2n) is 6.06. The van der Waals surface area contributed by atoms with Crippen LogP contribution in [0.25, 0.3) is 12.2 Å². The standard InChI is InChI=1S/C22H24O4/c1-15(2)10-13-18-19(25-3)14-17(20(22(23)24)21(18)26-4)12-11-16-8-6-5-7-9-16/h5-9,11-12,14H,1,10,13H2,2-4H3,(H,23,24)/b12-11+. The first-order valence-electron chi connectivity index (χ1n) is 8.36. The van der Waals surface area contributed by atoms with Gasteiger partial charge in [0.25, 0.3) is 0 Å². The second kappa shape index (κ2) is 8.90. The first-order chi connectivity index (χ1) is 12.5. The molecule has 0 heterocycles. The molecule has 0 aliphatic carbocycles. The molecule has 0 aliphatic rings. The van der Waals surface area contributed by atoms with Gasteiger partial charge in [0.2, 0.25) is 0 Å². The van der Waals surface area contributed by atoms with Gasteiger partial charge in [-0.2, -0.15) is 0 Å². The molecule has 0 fully saturated rings. The van der Waals surface area contributed by atoms with Gasteiger partial charge in [-0.05, 0) is 37.0 Å². The molecule has 0 amide bonds. The maximum absolute atomic E-state index is 11.9. The van der Waals surface area contributed by atoms with Crippen LogP contribution in [0, 0.1) is 0 Å². The van der Waals surface area contributed by atoms with Crippen LogP contribution in [0.4, 0.5) is 0 Å². The van der Waals surface area contributed by atoms with Crippen LogP contribution >= 0.6 is 0 Å². The molecule has 0 atom stereocenters. The molecule has 4 heteroatoms. The van der Waals surface area contributed by atoms with Crippen LogP contribution in [-0.4, -0.2) is 25.3 Å². The van der Waals surface area contributed by atoms with E-state index in [4.69, 9.17) is 9.47 Å². The summed E-state index contributed by atoms with van der Waals surface area (Å²) in [5.41, 5.74) is 3.41. The summed E-state index contributed by atoms with van der Waals surface area (Å²) < 4.78 is 11.0. The number of ether oxygens (including phenoxy) is 2. The van der Waals surface area contributed by atoms with Crippen molar-refractivity contribution in [3.8, 4) is 11.5 Å². The smallest absolute Gasteiger partial charge is 0.340 e. The highest BCUT2D eigenvalue weighted by Gasteiger charge is 2.23.